The van der Waals surface area contributed by atoms with Gasteiger partial charge in [-0.3, -0.25) is 4.79 Å². The van der Waals surface area contributed by atoms with Crippen LogP contribution in [0.15, 0.2) is 24.3 Å². The molecule has 0 aliphatic carbocycles. The lowest BCUT2D eigenvalue weighted by Crippen LogP contribution is -2.38. The smallest absolute Gasteiger partial charge is 0.338 e. The van der Waals surface area contributed by atoms with Crippen LogP contribution in [0.5, 0.6) is 0 Å². The molecule has 7 nitrogen and oxygen atoms in total. The summed E-state index contributed by atoms with van der Waals surface area (Å²) < 4.78 is 32.6. The van der Waals surface area contributed by atoms with Crippen LogP contribution in [-0.2, 0) is 30.7 Å². The third kappa shape index (κ3) is 5.33. The minimum absolute atomic E-state index is 0.0637. The molecule has 1 aromatic carbocycles. The normalized spacial score (nSPS) is 19.3. The van der Waals surface area contributed by atoms with E-state index >= 15 is 0 Å². The lowest BCUT2D eigenvalue weighted by molar-refractivity contribution is -0.124. The Kier molecular flexibility index (Phi) is 5.73. The second-order valence-electron chi connectivity index (χ2n) is 5.38. The Morgan fingerprint density at radius 2 is 2.13 bits per heavy atom. The van der Waals surface area contributed by atoms with Crippen molar-refractivity contribution >= 4 is 21.7 Å². The molecule has 23 heavy (non-hydrogen) atoms. The van der Waals surface area contributed by atoms with E-state index in [-0.39, 0.29) is 11.5 Å². The summed E-state index contributed by atoms with van der Waals surface area (Å²) in [6.07, 6.45) is 0.390. The molecule has 1 aliphatic rings. The Hall–Kier alpha value is -1.93. The summed E-state index contributed by atoms with van der Waals surface area (Å²) in [7, 11) is -1.51. The first kappa shape index (κ1) is 17.4. The standard InChI is InChI=1S/C15H19NO6S/c1-21-8-11-3-2-4-12(7-11)15(18)22-9-14(17)16-13-5-6-23(19,20)10-13/h2-4,7,13H,5-6,8-10H2,1H3,(H,16,17)/t13-/m0/s1. The van der Waals surface area contributed by atoms with E-state index in [1.807, 2.05) is 6.07 Å². The number of carbonyl (C=O) groups is 2. The molecule has 126 valence electrons. The van der Waals surface area contributed by atoms with Gasteiger partial charge in [-0.2, -0.15) is 0 Å². The molecule has 0 saturated carbocycles. The second kappa shape index (κ2) is 7.56. The topological polar surface area (TPSA) is 98.8 Å². The average molecular weight is 341 g/mol. The first-order valence-corrected chi connectivity index (χ1v) is 8.96. The Balaban J connectivity index is 1.82. The summed E-state index contributed by atoms with van der Waals surface area (Å²) in [4.78, 5) is 23.6. The maximum absolute atomic E-state index is 11.9. The maximum atomic E-state index is 11.9. The molecule has 0 radical (unpaired) electrons. The molecule has 0 unspecified atom stereocenters. The van der Waals surface area contributed by atoms with Crippen molar-refractivity contribution in [3.05, 3.63) is 35.4 Å². The molecule has 0 bridgehead atoms. The lowest BCUT2D eigenvalue weighted by atomic mass is 10.1. The number of hydrogen-bond acceptors (Lipinski definition) is 6. The van der Waals surface area contributed by atoms with Gasteiger partial charge in [0.2, 0.25) is 0 Å². The van der Waals surface area contributed by atoms with Crippen molar-refractivity contribution in [3.63, 3.8) is 0 Å². The van der Waals surface area contributed by atoms with E-state index in [0.717, 1.165) is 5.56 Å². The van der Waals surface area contributed by atoms with Crippen LogP contribution < -0.4 is 5.32 Å². The molecule has 1 fully saturated rings. The van der Waals surface area contributed by atoms with E-state index in [9.17, 15) is 18.0 Å². The van der Waals surface area contributed by atoms with E-state index in [0.29, 0.717) is 18.6 Å². The van der Waals surface area contributed by atoms with Crippen LogP contribution in [0.1, 0.15) is 22.3 Å². The molecule has 0 aromatic heterocycles. The number of nitrogens with one attached hydrogen (secondary N) is 1. The number of ether oxygens (including phenoxy) is 2. The van der Waals surface area contributed by atoms with E-state index < -0.39 is 34.4 Å². The Morgan fingerprint density at radius 3 is 2.78 bits per heavy atom. The van der Waals surface area contributed by atoms with Crippen molar-refractivity contribution in [2.75, 3.05) is 25.2 Å². The number of amides is 1. The summed E-state index contributed by atoms with van der Waals surface area (Å²) in [5.74, 6) is -1.11. The van der Waals surface area contributed by atoms with Gasteiger partial charge < -0.3 is 14.8 Å². The summed E-state index contributed by atoms with van der Waals surface area (Å²) in [5, 5.41) is 2.56. The molecule has 1 N–H and O–H groups in total. The highest BCUT2D eigenvalue weighted by Crippen LogP contribution is 2.11. The van der Waals surface area contributed by atoms with Gasteiger partial charge in [0.1, 0.15) is 0 Å². The first-order chi connectivity index (χ1) is 10.9. The van der Waals surface area contributed by atoms with E-state index in [1.54, 1.807) is 25.3 Å². The second-order valence-corrected chi connectivity index (χ2v) is 7.61. The van der Waals surface area contributed by atoms with Crippen LogP contribution >= 0.6 is 0 Å². The number of esters is 1. The van der Waals surface area contributed by atoms with Gasteiger partial charge in [0.15, 0.2) is 16.4 Å². The van der Waals surface area contributed by atoms with Gasteiger partial charge >= 0.3 is 5.97 Å². The number of sulfone groups is 1. The maximum Gasteiger partial charge on any atom is 0.338 e. The Labute approximate surface area is 134 Å². The predicted octanol–water partition coefficient (Wildman–Crippen LogP) is 0.293. The zero-order chi connectivity index (χ0) is 16.9. The largest absolute Gasteiger partial charge is 0.452 e. The molecule has 1 aliphatic heterocycles. The predicted molar refractivity (Wildman–Crippen MR) is 82.6 cm³/mol. The summed E-state index contributed by atoms with van der Waals surface area (Å²) >= 11 is 0. The molecular weight excluding hydrogens is 322 g/mol. The quantitative estimate of drug-likeness (QED) is 0.747. The van der Waals surface area contributed by atoms with Crippen molar-refractivity contribution in [3.8, 4) is 0 Å². The van der Waals surface area contributed by atoms with Gasteiger partial charge in [-0.15, -0.1) is 0 Å². The van der Waals surface area contributed by atoms with Crippen molar-refractivity contribution in [1.29, 1.82) is 0 Å². The van der Waals surface area contributed by atoms with Gasteiger partial charge in [0, 0.05) is 13.2 Å². The van der Waals surface area contributed by atoms with E-state index in [1.165, 1.54) is 0 Å². The van der Waals surface area contributed by atoms with Gasteiger partial charge in [-0.05, 0) is 24.1 Å². The SMILES string of the molecule is COCc1cccc(C(=O)OCC(=O)N[C@H]2CCS(=O)(=O)C2)c1. The Bertz CT molecular complexity index is 685. The van der Waals surface area contributed by atoms with Crippen LogP contribution in [0.2, 0.25) is 0 Å². The van der Waals surface area contributed by atoms with Crippen molar-refractivity contribution < 1.29 is 27.5 Å². The zero-order valence-corrected chi connectivity index (χ0v) is 13.6. The number of carbonyl (C=O) groups excluding carboxylic acids is 2. The molecule has 1 atom stereocenters. The Morgan fingerprint density at radius 1 is 1.35 bits per heavy atom. The fourth-order valence-electron chi connectivity index (χ4n) is 2.35. The molecule has 1 heterocycles. The molecular formula is C15H19NO6S. The minimum atomic E-state index is -3.06. The highest BCUT2D eigenvalue weighted by Gasteiger charge is 2.29. The van der Waals surface area contributed by atoms with Gasteiger partial charge in [0.05, 0.1) is 23.7 Å². The molecule has 0 spiro atoms. The fourth-order valence-corrected chi connectivity index (χ4v) is 4.02. The first-order valence-electron chi connectivity index (χ1n) is 7.14. The third-order valence-corrected chi connectivity index (χ3v) is 5.17. The molecule has 1 amide bonds. The van der Waals surface area contributed by atoms with Crippen molar-refractivity contribution in [1.82, 2.24) is 5.32 Å². The highest BCUT2D eigenvalue weighted by molar-refractivity contribution is 7.91. The molecule has 1 aromatic rings. The van der Waals surface area contributed by atoms with Gasteiger partial charge in [0.25, 0.3) is 5.91 Å². The third-order valence-electron chi connectivity index (χ3n) is 3.41. The summed E-state index contributed by atoms with van der Waals surface area (Å²) in [5.41, 5.74) is 1.15. The summed E-state index contributed by atoms with van der Waals surface area (Å²) in [6.45, 7) is -0.0678. The van der Waals surface area contributed by atoms with E-state index in [4.69, 9.17) is 9.47 Å². The van der Waals surface area contributed by atoms with E-state index in [2.05, 4.69) is 5.32 Å². The van der Waals surface area contributed by atoms with Gasteiger partial charge in [-0.1, -0.05) is 12.1 Å². The van der Waals surface area contributed by atoms with Crippen molar-refractivity contribution in [2.24, 2.45) is 0 Å². The average Bonchev–Trinajstić information content (AvgIpc) is 2.84. The van der Waals surface area contributed by atoms with Crippen LogP contribution in [-0.4, -0.2) is 51.6 Å². The monoisotopic (exact) mass is 341 g/mol. The minimum Gasteiger partial charge on any atom is -0.452 e. The molecule has 2 rings (SSSR count). The van der Waals surface area contributed by atoms with Crippen LogP contribution in [0.25, 0.3) is 0 Å². The van der Waals surface area contributed by atoms with Crippen LogP contribution in [0.3, 0.4) is 0 Å². The van der Waals surface area contributed by atoms with Crippen LogP contribution in [0, 0.1) is 0 Å². The number of hydrogen-bond donors (Lipinski definition) is 1. The number of rotatable bonds is 6. The fraction of sp³-hybridized carbons (Fsp3) is 0.467. The number of methoxy groups -OCH3 is 1. The summed E-state index contributed by atoms with van der Waals surface area (Å²) in [6, 6.07) is 6.33. The lowest BCUT2D eigenvalue weighted by Gasteiger charge is -2.11. The van der Waals surface area contributed by atoms with Crippen molar-refractivity contribution in [2.45, 2.75) is 19.1 Å². The zero-order valence-electron chi connectivity index (χ0n) is 12.8. The number of benzene rings is 1. The highest BCUT2D eigenvalue weighted by atomic mass is 32.2. The van der Waals surface area contributed by atoms with Crippen LogP contribution in [0.4, 0.5) is 0 Å². The molecule has 1 saturated heterocycles. The van der Waals surface area contributed by atoms with Gasteiger partial charge in [-0.25, -0.2) is 13.2 Å². The molecule has 8 heteroatoms.